The molecule has 1 aliphatic heterocycles. The van der Waals surface area contributed by atoms with Crippen LogP contribution in [0.25, 0.3) is 0 Å². The molecule has 0 spiro atoms. The van der Waals surface area contributed by atoms with Gasteiger partial charge in [-0.25, -0.2) is 13.4 Å². The first-order valence-electron chi connectivity index (χ1n) is 6.09. The number of sulfone groups is 1. The van der Waals surface area contributed by atoms with Crippen LogP contribution in [0.3, 0.4) is 0 Å². The predicted octanol–water partition coefficient (Wildman–Crippen LogP) is 1.35. The number of nitrogens with zero attached hydrogens (tertiary/aromatic N) is 2. The number of hydrogen-bond donors (Lipinski definition) is 1. The van der Waals surface area contributed by atoms with Crippen LogP contribution in [0.1, 0.15) is 18.7 Å². The molecule has 5 nitrogen and oxygen atoms in total. The summed E-state index contributed by atoms with van der Waals surface area (Å²) in [6, 6.07) is 0.181. The molecule has 19 heavy (non-hydrogen) atoms. The van der Waals surface area contributed by atoms with Crippen LogP contribution in [0.2, 0.25) is 0 Å². The maximum atomic E-state index is 11.9. The molecule has 1 aromatic rings. The predicted molar refractivity (Wildman–Crippen MR) is 82.9 cm³/mol. The largest absolute Gasteiger partial charge is 0.330 e. The third-order valence-electron chi connectivity index (χ3n) is 3.21. The number of aromatic nitrogens is 1. The van der Waals surface area contributed by atoms with Gasteiger partial charge in [-0.15, -0.1) is 11.3 Å². The fourth-order valence-corrected chi connectivity index (χ4v) is 5.79. The normalized spacial score (nSPS) is 22.5. The summed E-state index contributed by atoms with van der Waals surface area (Å²) in [5, 5.41) is 5.50. The fraction of sp³-hybridized carbons (Fsp3) is 0.727. The zero-order valence-electron chi connectivity index (χ0n) is 11.3. The van der Waals surface area contributed by atoms with Gasteiger partial charge in [0.05, 0.1) is 5.69 Å². The maximum absolute atomic E-state index is 11.9. The van der Waals surface area contributed by atoms with Crippen LogP contribution in [-0.2, 0) is 9.84 Å². The van der Waals surface area contributed by atoms with Crippen molar-refractivity contribution in [1.29, 1.82) is 0 Å². The Morgan fingerprint density at radius 2 is 2.32 bits per heavy atom. The standard InChI is InChI=1S/C11H19N3O2S3/c1-8(12-2)9-6-18-11(13-9)14-4-5-17-7-10(14)19(3,15)16/h6,8,10,12H,4-5,7H2,1-3H3. The highest BCUT2D eigenvalue weighted by atomic mass is 32.2. The third kappa shape index (κ3) is 3.42. The number of nitrogens with one attached hydrogen (secondary N) is 1. The molecule has 2 heterocycles. The Bertz CT molecular complexity index is 529. The molecule has 0 aromatic carbocycles. The van der Waals surface area contributed by atoms with Gasteiger partial charge >= 0.3 is 0 Å². The Kier molecular flexibility index (Phi) is 4.75. The van der Waals surface area contributed by atoms with Crippen molar-refractivity contribution in [3.05, 3.63) is 11.1 Å². The average molecular weight is 321 g/mol. The SMILES string of the molecule is CNC(C)c1csc(N2CCSCC2S(C)(=O)=O)n1. The summed E-state index contributed by atoms with van der Waals surface area (Å²) in [5.41, 5.74) is 0.966. The van der Waals surface area contributed by atoms with Gasteiger partial charge in [-0.2, -0.15) is 11.8 Å². The van der Waals surface area contributed by atoms with E-state index < -0.39 is 15.2 Å². The highest BCUT2D eigenvalue weighted by Gasteiger charge is 2.32. The number of anilines is 1. The van der Waals surface area contributed by atoms with E-state index in [-0.39, 0.29) is 6.04 Å². The quantitative estimate of drug-likeness (QED) is 0.903. The minimum atomic E-state index is -3.08. The summed E-state index contributed by atoms with van der Waals surface area (Å²) < 4.78 is 23.8. The Hall–Kier alpha value is -0.310. The van der Waals surface area contributed by atoms with Gasteiger partial charge in [-0.05, 0) is 14.0 Å². The summed E-state index contributed by atoms with van der Waals surface area (Å²) in [6.45, 7) is 2.78. The van der Waals surface area contributed by atoms with Crippen molar-refractivity contribution >= 4 is 38.1 Å². The molecule has 1 fully saturated rings. The molecule has 1 N–H and O–H groups in total. The zero-order chi connectivity index (χ0) is 14.0. The Morgan fingerprint density at radius 1 is 1.58 bits per heavy atom. The minimum absolute atomic E-state index is 0.181. The lowest BCUT2D eigenvalue weighted by molar-refractivity contribution is 0.583. The molecule has 2 atom stereocenters. The molecule has 0 aliphatic carbocycles. The van der Waals surface area contributed by atoms with Crippen molar-refractivity contribution in [2.75, 3.05) is 36.3 Å². The molecule has 2 unspecified atom stereocenters. The van der Waals surface area contributed by atoms with Gasteiger partial charge in [0.2, 0.25) is 0 Å². The molecular weight excluding hydrogens is 302 g/mol. The molecule has 0 bridgehead atoms. The van der Waals surface area contributed by atoms with Crippen molar-refractivity contribution < 1.29 is 8.42 Å². The Labute approximate surface area is 122 Å². The van der Waals surface area contributed by atoms with Crippen LogP contribution in [0.4, 0.5) is 5.13 Å². The summed E-state index contributed by atoms with van der Waals surface area (Å²) in [6.07, 6.45) is 1.31. The molecule has 1 saturated heterocycles. The van der Waals surface area contributed by atoms with Gasteiger partial charge in [-0.3, -0.25) is 0 Å². The van der Waals surface area contributed by atoms with Gasteiger partial charge in [-0.1, -0.05) is 0 Å². The summed E-state index contributed by atoms with van der Waals surface area (Å²) in [5.74, 6) is 1.57. The third-order valence-corrected chi connectivity index (χ3v) is 6.75. The second-order valence-electron chi connectivity index (χ2n) is 4.62. The topological polar surface area (TPSA) is 62.3 Å². The number of thiazole rings is 1. The molecule has 0 saturated carbocycles. The van der Waals surface area contributed by atoms with E-state index in [1.165, 1.54) is 17.6 Å². The van der Waals surface area contributed by atoms with E-state index in [1.807, 2.05) is 24.3 Å². The van der Waals surface area contributed by atoms with Gasteiger partial charge in [0, 0.05) is 35.7 Å². The number of hydrogen-bond acceptors (Lipinski definition) is 7. The molecular formula is C11H19N3O2S3. The van der Waals surface area contributed by atoms with E-state index in [0.717, 1.165) is 23.1 Å². The molecule has 2 rings (SSSR count). The van der Waals surface area contributed by atoms with E-state index in [0.29, 0.717) is 5.75 Å². The van der Waals surface area contributed by atoms with Crippen molar-refractivity contribution in [2.45, 2.75) is 18.3 Å². The summed E-state index contributed by atoms with van der Waals surface area (Å²) in [7, 11) is -1.19. The van der Waals surface area contributed by atoms with Crippen LogP contribution < -0.4 is 10.2 Å². The minimum Gasteiger partial charge on any atom is -0.330 e. The lowest BCUT2D eigenvalue weighted by atomic mass is 10.3. The number of thioether (sulfide) groups is 1. The van der Waals surface area contributed by atoms with E-state index >= 15 is 0 Å². The van der Waals surface area contributed by atoms with Crippen LogP contribution in [0.5, 0.6) is 0 Å². The number of rotatable bonds is 4. The average Bonchev–Trinajstić information content (AvgIpc) is 2.86. The highest BCUT2D eigenvalue weighted by Crippen LogP contribution is 2.30. The van der Waals surface area contributed by atoms with Gasteiger partial charge in [0.25, 0.3) is 0 Å². The lowest BCUT2D eigenvalue weighted by Crippen LogP contribution is -2.47. The molecule has 1 aromatic heterocycles. The molecule has 108 valence electrons. The van der Waals surface area contributed by atoms with Gasteiger partial charge < -0.3 is 10.2 Å². The van der Waals surface area contributed by atoms with Crippen LogP contribution in [0.15, 0.2) is 5.38 Å². The molecule has 0 amide bonds. The van der Waals surface area contributed by atoms with Crippen molar-refractivity contribution in [3.8, 4) is 0 Å². The Morgan fingerprint density at radius 3 is 2.95 bits per heavy atom. The van der Waals surface area contributed by atoms with E-state index in [2.05, 4.69) is 10.3 Å². The maximum Gasteiger partial charge on any atom is 0.186 e. The van der Waals surface area contributed by atoms with E-state index in [9.17, 15) is 8.42 Å². The highest BCUT2D eigenvalue weighted by molar-refractivity contribution is 8.01. The zero-order valence-corrected chi connectivity index (χ0v) is 13.7. The van der Waals surface area contributed by atoms with Crippen molar-refractivity contribution in [1.82, 2.24) is 10.3 Å². The summed E-state index contributed by atoms with van der Waals surface area (Å²) >= 11 is 3.21. The molecule has 1 aliphatic rings. The van der Waals surface area contributed by atoms with Crippen LogP contribution in [0, 0.1) is 0 Å². The monoisotopic (exact) mass is 321 g/mol. The first kappa shape index (κ1) is 15.1. The van der Waals surface area contributed by atoms with Crippen molar-refractivity contribution in [2.24, 2.45) is 0 Å². The first-order chi connectivity index (χ1) is 8.93. The smallest absolute Gasteiger partial charge is 0.186 e. The second kappa shape index (κ2) is 5.99. The van der Waals surface area contributed by atoms with Crippen molar-refractivity contribution in [3.63, 3.8) is 0 Å². The first-order valence-corrected chi connectivity index (χ1v) is 10.1. The van der Waals surface area contributed by atoms with Gasteiger partial charge in [0.1, 0.15) is 5.37 Å². The van der Waals surface area contributed by atoms with Gasteiger partial charge in [0.15, 0.2) is 15.0 Å². The van der Waals surface area contributed by atoms with Crippen LogP contribution in [-0.4, -0.2) is 50.1 Å². The molecule has 0 radical (unpaired) electrons. The second-order valence-corrected chi connectivity index (χ2v) is 8.81. The lowest BCUT2D eigenvalue weighted by Gasteiger charge is -2.33. The van der Waals surface area contributed by atoms with E-state index in [4.69, 9.17) is 0 Å². The Balaban J connectivity index is 2.25. The van der Waals surface area contributed by atoms with Crippen LogP contribution >= 0.6 is 23.1 Å². The molecule has 8 heteroatoms. The summed E-state index contributed by atoms with van der Waals surface area (Å²) in [4.78, 5) is 6.51. The fourth-order valence-electron chi connectivity index (χ4n) is 1.91. The van der Waals surface area contributed by atoms with E-state index in [1.54, 1.807) is 11.8 Å².